The lowest BCUT2D eigenvalue weighted by Crippen LogP contribution is -2.19. The molecule has 2 aromatic carbocycles. The van der Waals surface area contributed by atoms with Gasteiger partial charge in [0.15, 0.2) is 0 Å². The van der Waals surface area contributed by atoms with E-state index in [1.807, 2.05) is 12.1 Å². The molecular weight excluding hydrogens is 447 g/mol. The van der Waals surface area contributed by atoms with E-state index in [1.165, 1.54) is 12.3 Å². The number of hydrogen-bond acceptors (Lipinski definition) is 4. The van der Waals surface area contributed by atoms with Crippen molar-refractivity contribution in [3.63, 3.8) is 0 Å². The lowest BCUT2D eigenvalue weighted by Gasteiger charge is -2.15. The Hall–Kier alpha value is -3.35. The molecule has 0 saturated carbocycles. The number of carbonyl (C=O) groups is 2. The molecule has 1 aromatic heterocycles. The molecule has 4 rings (SSSR count). The first-order chi connectivity index (χ1) is 15.5. The zero-order chi connectivity index (χ0) is 22.5. The van der Waals surface area contributed by atoms with Gasteiger partial charge < -0.3 is 15.5 Å². The van der Waals surface area contributed by atoms with Gasteiger partial charge in [-0.3, -0.25) is 9.59 Å². The van der Waals surface area contributed by atoms with Gasteiger partial charge in [-0.25, -0.2) is 4.98 Å². The predicted octanol–water partition coefficient (Wildman–Crippen LogP) is 5.61. The summed E-state index contributed by atoms with van der Waals surface area (Å²) >= 11 is 11.9. The van der Waals surface area contributed by atoms with Gasteiger partial charge >= 0.3 is 0 Å². The highest BCUT2D eigenvalue weighted by Crippen LogP contribution is 2.23. The lowest BCUT2D eigenvalue weighted by molar-refractivity contribution is 0.102. The normalized spacial score (nSPS) is 12.6. The SMILES string of the molecule is O=C(Nc1ccc(Cl)cc1C(=O)Nc1ccc(Cl)cn1)c1ccc(CN2C=CCC2)cc1. The van der Waals surface area contributed by atoms with Crippen LogP contribution in [0.5, 0.6) is 0 Å². The monoisotopic (exact) mass is 466 g/mol. The number of nitrogens with zero attached hydrogens (tertiary/aromatic N) is 2. The Labute approximate surface area is 195 Å². The quantitative estimate of drug-likeness (QED) is 0.494. The third-order valence-electron chi connectivity index (χ3n) is 4.94. The minimum absolute atomic E-state index is 0.222. The van der Waals surface area contributed by atoms with E-state index in [4.69, 9.17) is 23.2 Å². The first-order valence-corrected chi connectivity index (χ1v) is 10.8. The van der Waals surface area contributed by atoms with Gasteiger partial charge in [0.25, 0.3) is 11.8 Å². The second-order valence-corrected chi connectivity index (χ2v) is 8.17. The van der Waals surface area contributed by atoms with E-state index in [-0.39, 0.29) is 11.5 Å². The van der Waals surface area contributed by atoms with Crippen molar-refractivity contribution in [2.75, 3.05) is 17.2 Å². The van der Waals surface area contributed by atoms with Crippen molar-refractivity contribution < 1.29 is 9.59 Å². The molecule has 2 N–H and O–H groups in total. The third-order valence-corrected chi connectivity index (χ3v) is 5.40. The summed E-state index contributed by atoms with van der Waals surface area (Å²) < 4.78 is 0. The number of anilines is 2. The summed E-state index contributed by atoms with van der Waals surface area (Å²) in [6, 6.07) is 15.3. The number of pyridine rings is 1. The summed E-state index contributed by atoms with van der Waals surface area (Å²) in [6.07, 6.45) is 6.73. The molecular formula is C24H20Cl2N4O2. The lowest BCUT2D eigenvalue weighted by atomic mass is 10.1. The van der Waals surface area contributed by atoms with Crippen LogP contribution in [-0.4, -0.2) is 28.2 Å². The van der Waals surface area contributed by atoms with Crippen molar-refractivity contribution >= 4 is 46.5 Å². The van der Waals surface area contributed by atoms with E-state index >= 15 is 0 Å². The van der Waals surface area contributed by atoms with Crippen molar-refractivity contribution in [3.8, 4) is 0 Å². The fourth-order valence-corrected chi connectivity index (χ4v) is 3.59. The fourth-order valence-electron chi connectivity index (χ4n) is 3.31. The Morgan fingerprint density at radius 1 is 0.938 bits per heavy atom. The molecule has 0 atom stereocenters. The van der Waals surface area contributed by atoms with Gasteiger partial charge in [0.05, 0.1) is 16.3 Å². The molecule has 1 aliphatic heterocycles. The summed E-state index contributed by atoms with van der Waals surface area (Å²) in [7, 11) is 0. The Morgan fingerprint density at radius 2 is 1.72 bits per heavy atom. The van der Waals surface area contributed by atoms with Crippen LogP contribution in [0.1, 0.15) is 32.7 Å². The van der Waals surface area contributed by atoms with E-state index < -0.39 is 5.91 Å². The molecule has 0 radical (unpaired) electrons. The van der Waals surface area contributed by atoms with E-state index in [2.05, 4.69) is 32.8 Å². The van der Waals surface area contributed by atoms with Gasteiger partial charge in [-0.2, -0.15) is 0 Å². The van der Waals surface area contributed by atoms with Gasteiger partial charge in [-0.15, -0.1) is 0 Å². The average Bonchev–Trinajstić information content (AvgIpc) is 3.30. The number of carbonyl (C=O) groups excluding carboxylic acids is 2. The molecule has 0 unspecified atom stereocenters. The Balaban J connectivity index is 1.47. The van der Waals surface area contributed by atoms with E-state index in [9.17, 15) is 9.59 Å². The summed E-state index contributed by atoms with van der Waals surface area (Å²) in [6.45, 7) is 1.81. The smallest absolute Gasteiger partial charge is 0.258 e. The largest absolute Gasteiger partial charge is 0.373 e. The first kappa shape index (κ1) is 21.9. The number of benzene rings is 2. The van der Waals surface area contributed by atoms with Crippen LogP contribution in [0.2, 0.25) is 10.0 Å². The highest BCUT2D eigenvalue weighted by Gasteiger charge is 2.16. The van der Waals surface area contributed by atoms with Crippen LogP contribution in [0, 0.1) is 0 Å². The molecule has 0 bridgehead atoms. The van der Waals surface area contributed by atoms with Crippen LogP contribution in [0.3, 0.4) is 0 Å². The van der Waals surface area contributed by atoms with Crippen LogP contribution in [0.25, 0.3) is 0 Å². The van der Waals surface area contributed by atoms with Gasteiger partial charge in [-0.1, -0.05) is 41.4 Å². The summed E-state index contributed by atoms with van der Waals surface area (Å²) in [5.74, 6) is -0.440. The Kier molecular flexibility index (Phi) is 6.73. The second-order valence-electron chi connectivity index (χ2n) is 7.30. The van der Waals surface area contributed by atoms with Crippen LogP contribution < -0.4 is 10.6 Å². The molecule has 0 saturated heterocycles. The maximum absolute atomic E-state index is 12.8. The van der Waals surface area contributed by atoms with Crippen molar-refractivity contribution in [2.24, 2.45) is 0 Å². The van der Waals surface area contributed by atoms with Crippen molar-refractivity contribution in [2.45, 2.75) is 13.0 Å². The molecule has 3 aromatic rings. The van der Waals surface area contributed by atoms with Gasteiger partial charge in [0.1, 0.15) is 5.82 Å². The van der Waals surface area contributed by atoms with E-state index in [0.717, 1.165) is 25.1 Å². The van der Waals surface area contributed by atoms with Crippen molar-refractivity contribution in [1.29, 1.82) is 0 Å². The molecule has 2 heterocycles. The number of rotatable bonds is 6. The molecule has 8 heteroatoms. The first-order valence-electron chi connectivity index (χ1n) is 10.0. The number of aromatic nitrogens is 1. The summed E-state index contributed by atoms with van der Waals surface area (Å²) in [4.78, 5) is 31.9. The minimum atomic E-state index is -0.452. The summed E-state index contributed by atoms with van der Waals surface area (Å²) in [5.41, 5.74) is 2.18. The molecule has 0 aliphatic carbocycles. The standard InChI is InChI=1S/C24H20Cl2N4O2/c25-18-7-9-21(20(13-18)24(32)29-22-10-8-19(26)14-27-22)28-23(31)17-5-3-16(4-6-17)15-30-11-1-2-12-30/h1,3-11,13-14H,2,12,15H2,(H,28,31)(H,27,29,32). The van der Waals surface area contributed by atoms with E-state index in [1.54, 1.807) is 36.4 Å². The van der Waals surface area contributed by atoms with Crippen LogP contribution in [-0.2, 0) is 6.54 Å². The maximum Gasteiger partial charge on any atom is 0.258 e. The topological polar surface area (TPSA) is 74.3 Å². The molecule has 0 fully saturated rings. The highest BCUT2D eigenvalue weighted by molar-refractivity contribution is 6.31. The van der Waals surface area contributed by atoms with Crippen LogP contribution >= 0.6 is 23.2 Å². The average molecular weight is 467 g/mol. The molecule has 0 spiro atoms. The fraction of sp³-hybridized carbons (Fsp3) is 0.125. The second kappa shape index (κ2) is 9.85. The van der Waals surface area contributed by atoms with E-state index in [0.29, 0.717) is 27.1 Å². The summed E-state index contributed by atoms with van der Waals surface area (Å²) in [5, 5.41) is 6.31. The minimum Gasteiger partial charge on any atom is -0.373 e. The molecule has 2 amide bonds. The van der Waals surface area contributed by atoms with Gasteiger partial charge in [0, 0.05) is 29.9 Å². The highest BCUT2D eigenvalue weighted by atomic mass is 35.5. The molecule has 6 nitrogen and oxygen atoms in total. The van der Waals surface area contributed by atoms with Gasteiger partial charge in [-0.05, 0) is 60.6 Å². The van der Waals surface area contributed by atoms with Crippen molar-refractivity contribution in [3.05, 3.63) is 99.8 Å². The zero-order valence-electron chi connectivity index (χ0n) is 17.0. The third kappa shape index (κ3) is 5.46. The van der Waals surface area contributed by atoms with Crippen LogP contribution in [0.15, 0.2) is 73.1 Å². The van der Waals surface area contributed by atoms with Crippen molar-refractivity contribution in [1.82, 2.24) is 9.88 Å². The molecule has 1 aliphatic rings. The zero-order valence-corrected chi connectivity index (χ0v) is 18.5. The number of nitrogens with one attached hydrogen (secondary N) is 2. The van der Waals surface area contributed by atoms with Crippen LogP contribution in [0.4, 0.5) is 11.5 Å². The molecule has 32 heavy (non-hydrogen) atoms. The van der Waals surface area contributed by atoms with Gasteiger partial charge in [0.2, 0.25) is 0 Å². The predicted molar refractivity (Wildman–Crippen MR) is 127 cm³/mol. The number of amides is 2. The maximum atomic E-state index is 12.8. The number of halogens is 2. The Bertz CT molecular complexity index is 1160. The Morgan fingerprint density at radius 3 is 2.41 bits per heavy atom. The molecule has 162 valence electrons. The number of hydrogen-bond donors (Lipinski definition) is 2.